The van der Waals surface area contributed by atoms with Gasteiger partial charge in [0.15, 0.2) is 5.16 Å². The SMILES string of the molecule is Cc1ccnc(SC2CCCC2C(=O)O)n1. The number of nitrogens with zero attached hydrogens (tertiary/aromatic N) is 2. The zero-order valence-electron chi connectivity index (χ0n) is 9.09. The number of hydrogen-bond acceptors (Lipinski definition) is 4. The summed E-state index contributed by atoms with van der Waals surface area (Å²) in [6.07, 6.45) is 4.42. The van der Waals surface area contributed by atoms with Crippen LogP contribution in [-0.4, -0.2) is 26.3 Å². The standard InChI is InChI=1S/C11H14N2O2S/c1-7-5-6-12-11(13-7)16-9-4-2-3-8(9)10(14)15/h5-6,8-9H,2-4H2,1H3,(H,14,15). The van der Waals surface area contributed by atoms with Crippen LogP contribution in [0.5, 0.6) is 0 Å². The molecule has 0 saturated heterocycles. The van der Waals surface area contributed by atoms with Crippen LogP contribution in [0.3, 0.4) is 0 Å². The minimum atomic E-state index is -0.692. The average molecular weight is 238 g/mol. The van der Waals surface area contributed by atoms with E-state index in [1.54, 1.807) is 6.20 Å². The van der Waals surface area contributed by atoms with E-state index in [9.17, 15) is 4.79 Å². The highest BCUT2D eigenvalue weighted by atomic mass is 32.2. The van der Waals surface area contributed by atoms with Gasteiger partial charge in [-0.25, -0.2) is 9.97 Å². The Morgan fingerprint density at radius 3 is 3.06 bits per heavy atom. The first kappa shape index (κ1) is 11.4. The molecule has 1 fully saturated rings. The number of aryl methyl sites for hydroxylation is 1. The lowest BCUT2D eigenvalue weighted by molar-refractivity contribution is -0.141. The summed E-state index contributed by atoms with van der Waals surface area (Å²) in [6.45, 7) is 1.91. The fourth-order valence-electron chi connectivity index (χ4n) is 1.97. The van der Waals surface area contributed by atoms with Gasteiger partial charge in [0.1, 0.15) is 0 Å². The van der Waals surface area contributed by atoms with E-state index in [-0.39, 0.29) is 11.2 Å². The van der Waals surface area contributed by atoms with Crippen molar-refractivity contribution in [3.05, 3.63) is 18.0 Å². The smallest absolute Gasteiger partial charge is 0.307 e. The molecule has 1 heterocycles. The highest BCUT2D eigenvalue weighted by molar-refractivity contribution is 7.99. The maximum absolute atomic E-state index is 11.0. The predicted molar refractivity (Wildman–Crippen MR) is 61.4 cm³/mol. The van der Waals surface area contributed by atoms with E-state index >= 15 is 0 Å². The number of carboxylic acid groups (broad SMARTS) is 1. The lowest BCUT2D eigenvalue weighted by atomic mass is 10.1. The molecule has 4 nitrogen and oxygen atoms in total. The Hall–Kier alpha value is -1.10. The topological polar surface area (TPSA) is 63.1 Å². The average Bonchev–Trinajstić information content (AvgIpc) is 2.66. The van der Waals surface area contributed by atoms with Gasteiger partial charge in [-0.2, -0.15) is 0 Å². The molecule has 0 spiro atoms. The molecule has 0 aliphatic heterocycles. The molecule has 2 unspecified atom stereocenters. The minimum Gasteiger partial charge on any atom is -0.481 e. The van der Waals surface area contributed by atoms with Crippen molar-refractivity contribution in [3.63, 3.8) is 0 Å². The molecule has 86 valence electrons. The number of aromatic nitrogens is 2. The van der Waals surface area contributed by atoms with E-state index in [4.69, 9.17) is 5.11 Å². The molecule has 1 N–H and O–H groups in total. The van der Waals surface area contributed by atoms with Crippen LogP contribution in [0.1, 0.15) is 25.0 Å². The summed E-state index contributed by atoms with van der Waals surface area (Å²) in [5, 5.41) is 9.88. The van der Waals surface area contributed by atoms with Crippen molar-refractivity contribution in [1.29, 1.82) is 0 Å². The third kappa shape index (κ3) is 2.52. The van der Waals surface area contributed by atoms with Gasteiger partial charge < -0.3 is 5.11 Å². The van der Waals surface area contributed by atoms with Crippen molar-refractivity contribution >= 4 is 17.7 Å². The predicted octanol–water partition coefficient (Wildman–Crippen LogP) is 2.13. The second-order valence-corrected chi connectivity index (χ2v) is 5.22. The molecule has 1 aromatic rings. The first-order valence-corrected chi connectivity index (χ1v) is 6.24. The summed E-state index contributed by atoms with van der Waals surface area (Å²) in [5.74, 6) is -0.934. The molecule has 16 heavy (non-hydrogen) atoms. The van der Waals surface area contributed by atoms with Gasteiger partial charge in [0.05, 0.1) is 5.92 Å². The van der Waals surface area contributed by atoms with Crippen LogP contribution >= 0.6 is 11.8 Å². The van der Waals surface area contributed by atoms with E-state index < -0.39 is 5.97 Å². The van der Waals surface area contributed by atoms with Crippen molar-refractivity contribution in [2.24, 2.45) is 5.92 Å². The first-order valence-electron chi connectivity index (χ1n) is 5.36. The maximum Gasteiger partial charge on any atom is 0.307 e. The van der Waals surface area contributed by atoms with E-state index in [1.807, 2.05) is 13.0 Å². The van der Waals surface area contributed by atoms with Crippen molar-refractivity contribution in [3.8, 4) is 0 Å². The summed E-state index contributed by atoms with van der Waals surface area (Å²) >= 11 is 1.50. The molecule has 1 saturated carbocycles. The third-order valence-electron chi connectivity index (χ3n) is 2.80. The minimum absolute atomic E-state index is 0.124. The fourth-order valence-corrected chi connectivity index (χ4v) is 3.26. The van der Waals surface area contributed by atoms with Crippen LogP contribution in [0, 0.1) is 12.8 Å². The Bertz CT molecular complexity index is 397. The molecule has 0 radical (unpaired) electrons. The van der Waals surface area contributed by atoms with E-state index in [0.717, 1.165) is 25.0 Å². The molecule has 0 aromatic carbocycles. The summed E-state index contributed by atoms with van der Waals surface area (Å²) in [4.78, 5) is 19.5. The summed E-state index contributed by atoms with van der Waals surface area (Å²) < 4.78 is 0. The van der Waals surface area contributed by atoms with Gasteiger partial charge in [-0.1, -0.05) is 18.2 Å². The lowest BCUT2D eigenvalue weighted by Crippen LogP contribution is -2.20. The summed E-state index contributed by atoms with van der Waals surface area (Å²) in [7, 11) is 0. The largest absolute Gasteiger partial charge is 0.481 e. The van der Waals surface area contributed by atoms with Gasteiger partial charge in [-0.3, -0.25) is 4.79 Å². The van der Waals surface area contributed by atoms with Crippen molar-refractivity contribution in [2.75, 3.05) is 0 Å². The van der Waals surface area contributed by atoms with Crippen LogP contribution in [0.4, 0.5) is 0 Å². The molecule has 0 bridgehead atoms. The number of aliphatic carboxylic acids is 1. The lowest BCUT2D eigenvalue weighted by Gasteiger charge is -2.13. The zero-order chi connectivity index (χ0) is 11.5. The van der Waals surface area contributed by atoms with Gasteiger partial charge in [-0.15, -0.1) is 0 Å². The van der Waals surface area contributed by atoms with Crippen LogP contribution in [-0.2, 0) is 4.79 Å². The Morgan fingerprint density at radius 1 is 1.56 bits per heavy atom. The van der Waals surface area contributed by atoms with Crippen molar-refractivity contribution in [2.45, 2.75) is 36.6 Å². The van der Waals surface area contributed by atoms with Crippen LogP contribution in [0.2, 0.25) is 0 Å². The second kappa shape index (κ2) is 4.82. The molecule has 0 amide bonds. The Balaban J connectivity index is 2.06. The number of rotatable bonds is 3. The first-order chi connectivity index (χ1) is 7.66. The van der Waals surface area contributed by atoms with Crippen molar-refractivity contribution < 1.29 is 9.90 Å². The van der Waals surface area contributed by atoms with Gasteiger partial charge in [-0.05, 0) is 25.8 Å². The Kier molecular flexibility index (Phi) is 3.43. The molecule has 1 aliphatic carbocycles. The highest BCUT2D eigenvalue weighted by Crippen LogP contribution is 2.37. The molecule has 2 rings (SSSR count). The van der Waals surface area contributed by atoms with Gasteiger partial charge in [0.2, 0.25) is 0 Å². The Labute approximate surface area is 98.5 Å². The molecular weight excluding hydrogens is 224 g/mol. The van der Waals surface area contributed by atoms with Gasteiger partial charge >= 0.3 is 5.97 Å². The molecule has 2 atom stereocenters. The van der Waals surface area contributed by atoms with Crippen LogP contribution in [0.25, 0.3) is 0 Å². The van der Waals surface area contributed by atoms with E-state index in [1.165, 1.54) is 11.8 Å². The molecule has 1 aromatic heterocycles. The second-order valence-electron chi connectivity index (χ2n) is 4.01. The number of thioether (sulfide) groups is 1. The highest BCUT2D eigenvalue weighted by Gasteiger charge is 2.34. The quantitative estimate of drug-likeness (QED) is 0.817. The van der Waals surface area contributed by atoms with Crippen LogP contribution in [0.15, 0.2) is 17.4 Å². The van der Waals surface area contributed by atoms with Gasteiger partial charge in [0.25, 0.3) is 0 Å². The molecule has 1 aliphatic rings. The number of carbonyl (C=O) groups is 1. The van der Waals surface area contributed by atoms with Gasteiger partial charge in [0, 0.05) is 17.1 Å². The summed E-state index contributed by atoms with van der Waals surface area (Å²) in [6, 6.07) is 1.84. The number of carboxylic acids is 1. The van der Waals surface area contributed by atoms with Crippen molar-refractivity contribution in [1.82, 2.24) is 9.97 Å². The van der Waals surface area contributed by atoms with E-state index in [0.29, 0.717) is 5.16 Å². The fraction of sp³-hybridized carbons (Fsp3) is 0.545. The molecule has 5 heteroatoms. The number of hydrogen-bond donors (Lipinski definition) is 1. The maximum atomic E-state index is 11.0. The third-order valence-corrected chi connectivity index (χ3v) is 4.07. The zero-order valence-corrected chi connectivity index (χ0v) is 9.91. The van der Waals surface area contributed by atoms with Crippen LogP contribution < -0.4 is 0 Å². The normalized spacial score (nSPS) is 24.6. The van der Waals surface area contributed by atoms with E-state index in [2.05, 4.69) is 9.97 Å². The monoisotopic (exact) mass is 238 g/mol. The molecular formula is C11H14N2O2S. The Morgan fingerprint density at radius 2 is 2.38 bits per heavy atom. The summed E-state index contributed by atoms with van der Waals surface area (Å²) in [5.41, 5.74) is 0.919.